The van der Waals surface area contributed by atoms with Gasteiger partial charge in [0.25, 0.3) is 0 Å². The van der Waals surface area contributed by atoms with Crippen molar-refractivity contribution in [3.05, 3.63) is 23.8 Å². The topological polar surface area (TPSA) is 30.5 Å². The summed E-state index contributed by atoms with van der Waals surface area (Å²) in [5.41, 5.74) is 1.14. The van der Waals surface area contributed by atoms with Gasteiger partial charge in [-0.05, 0) is 45.0 Å². The number of hydrogen-bond donors (Lipinski definition) is 1. The van der Waals surface area contributed by atoms with Crippen molar-refractivity contribution in [2.75, 3.05) is 14.2 Å². The van der Waals surface area contributed by atoms with Crippen LogP contribution in [0.5, 0.6) is 11.5 Å². The van der Waals surface area contributed by atoms with Crippen LogP contribution in [0.1, 0.15) is 64.0 Å². The van der Waals surface area contributed by atoms with Gasteiger partial charge in [-0.25, -0.2) is 0 Å². The van der Waals surface area contributed by atoms with Crippen LogP contribution in [-0.2, 0) is 0 Å². The molecule has 0 bridgehead atoms. The van der Waals surface area contributed by atoms with Crippen molar-refractivity contribution in [3.8, 4) is 11.5 Å². The third-order valence-electron chi connectivity index (χ3n) is 4.49. The Morgan fingerprint density at radius 2 is 2.14 bits per heavy atom. The zero-order valence-electron chi connectivity index (χ0n) is 13.9. The number of benzene rings is 1. The van der Waals surface area contributed by atoms with Crippen LogP contribution in [0, 0.1) is 0 Å². The molecule has 2 atom stereocenters. The van der Waals surface area contributed by atoms with Gasteiger partial charge in [0.05, 0.1) is 7.11 Å². The quantitative estimate of drug-likeness (QED) is 0.752. The standard InChI is InChI=1S/C18H29NO2/c1-5-6-7-8-11-18(2)13-16(19-3)15-12-14(20-4)9-10-17(15)21-18/h9-10,12,16,19H,5-8,11,13H2,1-4H3. The molecule has 3 nitrogen and oxygen atoms in total. The highest BCUT2D eigenvalue weighted by Crippen LogP contribution is 2.42. The predicted octanol–water partition coefficient (Wildman–Crippen LogP) is 4.47. The maximum Gasteiger partial charge on any atom is 0.125 e. The first-order chi connectivity index (χ1) is 10.1. The van der Waals surface area contributed by atoms with E-state index in [0.29, 0.717) is 6.04 Å². The van der Waals surface area contributed by atoms with Crippen molar-refractivity contribution in [1.82, 2.24) is 5.32 Å². The van der Waals surface area contributed by atoms with E-state index >= 15 is 0 Å². The van der Waals surface area contributed by atoms with Gasteiger partial charge >= 0.3 is 0 Å². The Morgan fingerprint density at radius 1 is 1.33 bits per heavy atom. The minimum Gasteiger partial charge on any atom is -0.497 e. The number of fused-ring (bicyclic) bond motifs is 1. The molecule has 1 heterocycles. The predicted molar refractivity (Wildman–Crippen MR) is 87.2 cm³/mol. The molecule has 0 amide bonds. The third-order valence-corrected chi connectivity index (χ3v) is 4.49. The second-order valence-corrected chi connectivity index (χ2v) is 6.31. The van der Waals surface area contributed by atoms with Gasteiger partial charge in [0.15, 0.2) is 0 Å². The van der Waals surface area contributed by atoms with Gasteiger partial charge in [0.2, 0.25) is 0 Å². The summed E-state index contributed by atoms with van der Waals surface area (Å²) in [5, 5.41) is 3.43. The van der Waals surface area contributed by atoms with Crippen LogP contribution >= 0.6 is 0 Å². The zero-order valence-corrected chi connectivity index (χ0v) is 13.9. The number of nitrogens with one attached hydrogen (secondary N) is 1. The first kappa shape index (κ1) is 16.2. The summed E-state index contributed by atoms with van der Waals surface area (Å²) in [6.45, 7) is 4.50. The summed E-state index contributed by atoms with van der Waals surface area (Å²) >= 11 is 0. The van der Waals surface area contributed by atoms with Gasteiger partial charge in [-0.2, -0.15) is 0 Å². The van der Waals surface area contributed by atoms with E-state index in [1.165, 1.54) is 31.2 Å². The molecule has 1 aliphatic rings. The molecule has 3 heteroatoms. The second-order valence-electron chi connectivity index (χ2n) is 6.31. The van der Waals surface area contributed by atoms with Crippen LogP contribution in [-0.4, -0.2) is 19.8 Å². The minimum atomic E-state index is -0.0665. The first-order valence-electron chi connectivity index (χ1n) is 8.16. The van der Waals surface area contributed by atoms with Crippen molar-refractivity contribution in [2.24, 2.45) is 0 Å². The van der Waals surface area contributed by atoms with Crippen molar-refractivity contribution in [3.63, 3.8) is 0 Å². The maximum atomic E-state index is 6.34. The fourth-order valence-electron chi connectivity index (χ4n) is 3.20. The molecule has 1 aliphatic heterocycles. The molecule has 21 heavy (non-hydrogen) atoms. The van der Waals surface area contributed by atoms with E-state index in [2.05, 4.69) is 25.2 Å². The molecular formula is C18H29NO2. The van der Waals surface area contributed by atoms with E-state index in [0.717, 1.165) is 24.3 Å². The van der Waals surface area contributed by atoms with E-state index < -0.39 is 0 Å². The van der Waals surface area contributed by atoms with Gasteiger partial charge in [-0.1, -0.05) is 26.2 Å². The molecule has 0 radical (unpaired) electrons. The average Bonchev–Trinajstić information content (AvgIpc) is 2.50. The summed E-state index contributed by atoms with van der Waals surface area (Å²) in [4.78, 5) is 0. The molecule has 0 saturated carbocycles. The molecule has 1 aromatic carbocycles. The van der Waals surface area contributed by atoms with Crippen LogP contribution in [0.25, 0.3) is 0 Å². The Morgan fingerprint density at radius 3 is 2.81 bits per heavy atom. The van der Waals surface area contributed by atoms with Gasteiger partial charge in [0, 0.05) is 18.0 Å². The lowest BCUT2D eigenvalue weighted by Crippen LogP contribution is -2.41. The average molecular weight is 291 g/mol. The highest BCUT2D eigenvalue weighted by molar-refractivity contribution is 5.44. The number of unbranched alkanes of at least 4 members (excludes halogenated alkanes) is 3. The molecule has 0 aromatic heterocycles. The summed E-state index contributed by atoms with van der Waals surface area (Å²) in [6, 6.07) is 6.45. The lowest BCUT2D eigenvalue weighted by atomic mass is 9.85. The van der Waals surface area contributed by atoms with Gasteiger partial charge in [-0.3, -0.25) is 0 Å². The van der Waals surface area contributed by atoms with Crippen LogP contribution in [0.4, 0.5) is 0 Å². The molecule has 2 rings (SSSR count). The van der Waals surface area contributed by atoms with Crippen molar-refractivity contribution < 1.29 is 9.47 Å². The Bertz CT molecular complexity index is 461. The normalized spacial score (nSPS) is 24.3. The molecule has 0 saturated heterocycles. The molecule has 0 aliphatic carbocycles. The molecule has 0 fully saturated rings. The smallest absolute Gasteiger partial charge is 0.125 e. The SMILES string of the molecule is CCCCCCC1(C)CC(NC)c2cc(OC)ccc2O1. The zero-order chi connectivity index (χ0) is 15.3. The molecule has 0 spiro atoms. The van der Waals surface area contributed by atoms with Crippen LogP contribution in [0.15, 0.2) is 18.2 Å². The fourth-order valence-corrected chi connectivity index (χ4v) is 3.20. The number of methoxy groups -OCH3 is 1. The lowest BCUT2D eigenvalue weighted by molar-refractivity contribution is 0.0383. The monoisotopic (exact) mass is 291 g/mol. The Kier molecular flexibility index (Phi) is 5.51. The first-order valence-corrected chi connectivity index (χ1v) is 8.16. The summed E-state index contributed by atoms with van der Waals surface area (Å²) in [7, 11) is 3.73. The van der Waals surface area contributed by atoms with E-state index in [1.807, 2.05) is 19.2 Å². The number of ether oxygens (including phenoxy) is 2. The highest BCUT2D eigenvalue weighted by Gasteiger charge is 2.36. The maximum absolute atomic E-state index is 6.34. The molecule has 1 N–H and O–H groups in total. The molecular weight excluding hydrogens is 262 g/mol. The van der Waals surface area contributed by atoms with Crippen LogP contribution in [0.2, 0.25) is 0 Å². The minimum absolute atomic E-state index is 0.0665. The van der Waals surface area contributed by atoms with Gasteiger partial charge in [-0.15, -0.1) is 0 Å². The lowest BCUT2D eigenvalue weighted by Gasteiger charge is -2.40. The Hall–Kier alpha value is -1.22. The molecule has 2 unspecified atom stereocenters. The summed E-state index contributed by atoms with van der Waals surface area (Å²) in [6.07, 6.45) is 7.27. The van der Waals surface area contributed by atoms with Gasteiger partial charge in [0.1, 0.15) is 17.1 Å². The van der Waals surface area contributed by atoms with E-state index in [1.54, 1.807) is 7.11 Å². The fraction of sp³-hybridized carbons (Fsp3) is 0.667. The van der Waals surface area contributed by atoms with Crippen LogP contribution in [0.3, 0.4) is 0 Å². The number of hydrogen-bond acceptors (Lipinski definition) is 3. The van der Waals surface area contributed by atoms with Crippen molar-refractivity contribution in [1.29, 1.82) is 0 Å². The van der Waals surface area contributed by atoms with Crippen LogP contribution < -0.4 is 14.8 Å². The van der Waals surface area contributed by atoms with E-state index in [9.17, 15) is 0 Å². The third kappa shape index (κ3) is 3.91. The van der Waals surface area contributed by atoms with E-state index in [4.69, 9.17) is 9.47 Å². The Labute approximate surface area is 129 Å². The molecule has 1 aromatic rings. The molecule has 118 valence electrons. The Balaban J connectivity index is 2.11. The second kappa shape index (κ2) is 7.17. The van der Waals surface area contributed by atoms with Crippen molar-refractivity contribution in [2.45, 2.75) is 64.0 Å². The summed E-state index contributed by atoms with van der Waals surface area (Å²) < 4.78 is 11.7. The highest BCUT2D eigenvalue weighted by atomic mass is 16.5. The van der Waals surface area contributed by atoms with E-state index in [-0.39, 0.29) is 5.60 Å². The number of rotatable bonds is 7. The summed E-state index contributed by atoms with van der Waals surface area (Å²) in [5.74, 6) is 1.89. The van der Waals surface area contributed by atoms with Crippen molar-refractivity contribution >= 4 is 0 Å². The van der Waals surface area contributed by atoms with Gasteiger partial charge < -0.3 is 14.8 Å². The largest absolute Gasteiger partial charge is 0.497 e.